The number of carboxylic acid groups (broad SMARTS) is 1. The van der Waals surface area contributed by atoms with E-state index in [1.165, 1.54) is 0 Å². The minimum absolute atomic E-state index is 0.0335. The maximum absolute atomic E-state index is 10.7. The van der Waals surface area contributed by atoms with Crippen LogP contribution >= 0.6 is 0 Å². The van der Waals surface area contributed by atoms with Gasteiger partial charge >= 0.3 is 5.97 Å². The molecule has 2 N–H and O–H groups in total. The number of carbonyl (C=O) groups is 2. The first-order valence-electron chi connectivity index (χ1n) is 6.72. The summed E-state index contributed by atoms with van der Waals surface area (Å²) in [4.78, 5) is 21.0. The fourth-order valence-corrected chi connectivity index (χ4v) is 1.48. The molecule has 1 aliphatic rings. The Hall–Kier alpha value is -1.24. The summed E-state index contributed by atoms with van der Waals surface area (Å²) in [6, 6.07) is -0.652. The van der Waals surface area contributed by atoms with E-state index in [1.807, 2.05) is 20.8 Å². The van der Waals surface area contributed by atoms with Gasteiger partial charge in [0.1, 0.15) is 11.8 Å². The van der Waals surface area contributed by atoms with Crippen LogP contribution in [0.3, 0.4) is 0 Å². The highest BCUT2D eigenvalue weighted by Crippen LogP contribution is 2.02. The zero-order valence-electron chi connectivity index (χ0n) is 12.7. The Labute approximate surface area is 121 Å². The second-order valence-corrected chi connectivity index (χ2v) is 3.82. The van der Waals surface area contributed by atoms with Crippen LogP contribution in [0.2, 0.25) is 0 Å². The van der Waals surface area contributed by atoms with E-state index in [4.69, 9.17) is 14.6 Å². The molecule has 0 amide bonds. The van der Waals surface area contributed by atoms with Crippen LogP contribution in [-0.2, 0) is 19.1 Å². The Morgan fingerprint density at radius 2 is 1.90 bits per heavy atom. The predicted octanol–water partition coefficient (Wildman–Crippen LogP) is 1.60. The van der Waals surface area contributed by atoms with Crippen molar-refractivity contribution >= 4 is 11.8 Å². The lowest BCUT2D eigenvalue weighted by Gasteiger charge is -2.17. The van der Waals surface area contributed by atoms with Crippen molar-refractivity contribution in [2.75, 3.05) is 19.8 Å². The van der Waals surface area contributed by atoms with E-state index in [0.717, 1.165) is 13.2 Å². The largest absolute Gasteiger partial charge is 0.480 e. The van der Waals surface area contributed by atoms with Crippen molar-refractivity contribution < 1.29 is 24.2 Å². The highest BCUT2D eigenvalue weighted by Gasteiger charge is 2.23. The summed E-state index contributed by atoms with van der Waals surface area (Å²) in [5, 5.41) is 11.2. The number of piperidine rings is 1. The third-order valence-electron chi connectivity index (χ3n) is 2.33. The second kappa shape index (κ2) is 14.2. The number of carboxylic acids is 1. The molecule has 1 aliphatic heterocycles. The zero-order valence-corrected chi connectivity index (χ0v) is 12.7. The quantitative estimate of drug-likeness (QED) is 0.590. The van der Waals surface area contributed by atoms with E-state index in [1.54, 1.807) is 0 Å². The molecule has 6 nitrogen and oxygen atoms in total. The SMILES string of the molecule is C=C.CCOC(C)OCC.O=C1CCN[C@H](C(=O)O)C1. The Bertz CT molecular complexity index is 262. The van der Waals surface area contributed by atoms with Crippen molar-refractivity contribution in [3.8, 4) is 0 Å². The van der Waals surface area contributed by atoms with Crippen LogP contribution in [0.5, 0.6) is 0 Å². The number of rotatable bonds is 5. The summed E-state index contributed by atoms with van der Waals surface area (Å²) in [6.45, 7) is 13.7. The summed E-state index contributed by atoms with van der Waals surface area (Å²) < 4.78 is 10.1. The zero-order chi connectivity index (χ0) is 16.0. The average molecular weight is 289 g/mol. The first-order valence-corrected chi connectivity index (χ1v) is 6.72. The molecule has 0 aromatic heterocycles. The number of nitrogens with one attached hydrogen (secondary N) is 1. The summed E-state index contributed by atoms with van der Waals surface area (Å²) in [6.07, 6.45) is 0.559. The van der Waals surface area contributed by atoms with E-state index in [2.05, 4.69) is 18.5 Å². The number of hydrogen-bond donors (Lipinski definition) is 2. The van der Waals surface area contributed by atoms with Gasteiger partial charge in [-0.05, 0) is 20.8 Å². The van der Waals surface area contributed by atoms with E-state index >= 15 is 0 Å². The standard InChI is InChI=1S/C6H9NO3.C6H14O2.C2H4/c8-4-1-2-7-5(3-4)6(9)10;1-4-7-6(3)8-5-2;1-2/h5,7H,1-3H2,(H,9,10);6H,4-5H2,1-3H3;1-2H2/t5-;;/m0../s1. The predicted molar refractivity (Wildman–Crippen MR) is 77.6 cm³/mol. The molecule has 0 spiro atoms. The van der Waals surface area contributed by atoms with Gasteiger partial charge in [0.2, 0.25) is 0 Å². The molecule has 0 aromatic carbocycles. The van der Waals surface area contributed by atoms with E-state index in [-0.39, 0.29) is 18.5 Å². The van der Waals surface area contributed by atoms with Gasteiger partial charge in [0, 0.05) is 32.6 Å². The van der Waals surface area contributed by atoms with Crippen LogP contribution in [0.4, 0.5) is 0 Å². The molecule has 0 bridgehead atoms. The third kappa shape index (κ3) is 11.8. The lowest BCUT2D eigenvalue weighted by molar-refractivity contribution is -0.142. The molecule has 0 aliphatic carbocycles. The molecule has 1 atom stereocenters. The van der Waals surface area contributed by atoms with Gasteiger partial charge in [0.15, 0.2) is 6.29 Å². The first kappa shape index (κ1) is 21.1. The fraction of sp³-hybridized carbons (Fsp3) is 0.714. The van der Waals surface area contributed by atoms with Gasteiger partial charge in [0.05, 0.1) is 0 Å². The first-order chi connectivity index (χ1) is 9.51. The molecule has 118 valence electrons. The molecule has 0 saturated carbocycles. The Morgan fingerprint density at radius 3 is 2.20 bits per heavy atom. The molecule has 0 radical (unpaired) electrons. The van der Waals surface area contributed by atoms with Gasteiger partial charge in [0.25, 0.3) is 0 Å². The Morgan fingerprint density at radius 1 is 1.40 bits per heavy atom. The molecule has 6 heteroatoms. The molecule has 20 heavy (non-hydrogen) atoms. The van der Waals surface area contributed by atoms with Gasteiger partial charge in [-0.3, -0.25) is 9.59 Å². The Balaban J connectivity index is 0. The van der Waals surface area contributed by atoms with Gasteiger partial charge in [-0.15, -0.1) is 13.2 Å². The van der Waals surface area contributed by atoms with Crippen LogP contribution in [0.15, 0.2) is 13.2 Å². The van der Waals surface area contributed by atoms with Crippen LogP contribution in [-0.4, -0.2) is 48.9 Å². The molecule has 0 unspecified atom stereocenters. The van der Waals surface area contributed by atoms with Crippen molar-refractivity contribution in [1.82, 2.24) is 5.32 Å². The maximum Gasteiger partial charge on any atom is 0.321 e. The van der Waals surface area contributed by atoms with Gasteiger partial charge in [-0.2, -0.15) is 0 Å². The number of aliphatic carboxylic acids is 1. The van der Waals surface area contributed by atoms with E-state index in [0.29, 0.717) is 13.0 Å². The molecule has 1 rings (SSSR count). The number of hydrogen-bond acceptors (Lipinski definition) is 5. The van der Waals surface area contributed by atoms with Crippen LogP contribution in [0, 0.1) is 0 Å². The van der Waals surface area contributed by atoms with Gasteiger partial charge in [-0.1, -0.05) is 0 Å². The van der Waals surface area contributed by atoms with Crippen LogP contribution in [0.1, 0.15) is 33.6 Å². The van der Waals surface area contributed by atoms with Crippen molar-refractivity contribution in [2.24, 2.45) is 0 Å². The lowest BCUT2D eigenvalue weighted by Crippen LogP contribution is -2.43. The number of ketones is 1. The Kier molecular flexibility index (Phi) is 14.9. The van der Waals surface area contributed by atoms with Crippen LogP contribution in [0.25, 0.3) is 0 Å². The fourth-order valence-electron chi connectivity index (χ4n) is 1.48. The normalized spacial score (nSPS) is 17.6. The second-order valence-electron chi connectivity index (χ2n) is 3.82. The highest BCUT2D eigenvalue weighted by atomic mass is 16.7. The smallest absolute Gasteiger partial charge is 0.321 e. The van der Waals surface area contributed by atoms with Crippen molar-refractivity contribution in [2.45, 2.75) is 45.9 Å². The molecular formula is C14H27NO5. The molecule has 1 heterocycles. The number of Topliss-reactive ketones (excluding diaryl/α,β-unsaturated/α-hetero) is 1. The van der Waals surface area contributed by atoms with Crippen molar-refractivity contribution in [3.63, 3.8) is 0 Å². The van der Waals surface area contributed by atoms with E-state index < -0.39 is 12.0 Å². The van der Waals surface area contributed by atoms with Gasteiger partial charge in [-0.25, -0.2) is 0 Å². The minimum atomic E-state index is -0.937. The molecule has 1 fully saturated rings. The highest BCUT2D eigenvalue weighted by molar-refractivity contribution is 5.87. The monoisotopic (exact) mass is 289 g/mol. The average Bonchev–Trinajstić information content (AvgIpc) is 2.42. The number of ether oxygens (including phenoxy) is 2. The maximum atomic E-state index is 10.7. The summed E-state index contributed by atoms with van der Waals surface area (Å²) in [7, 11) is 0. The summed E-state index contributed by atoms with van der Waals surface area (Å²) >= 11 is 0. The summed E-state index contributed by atoms with van der Waals surface area (Å²) in [5.41, 5.74) is 0. The lowest BCUT2D eigenvalue weighted by atomic mass is 10.0. The van der Waals surface area contributed by atoms with Crippen molar-refractivity contribution in [1.29, 1.82) is 0 Å². The molecule has 1 saturated heterocycles. The van der Waals surface area contributed by atoms with Crippen LogP contribution < -0.4 is 5.32 Å². The van der Waals surface area contributed by atoms with E-state index in [9.17, 15) is 9.59 Å². The molecule has 0 aromatic rings. The molecular weight excluding hydrogens is 262 g/mol. The van der Waals surface area contributed by atoms with Crippen molar-refractivity contribution in [3.05, 3.63) is 13.2 Å². The summed E-state index contributed by atoms with van der Waals surface area (Å²) in [5.74, 6) is -0.904. The topological polar surface area (TPSA) is 84.9 Å². The van der Waals surface area contributed by atoms with Gasteiger partial charge < -0.3 is 19.9 Å². The third-order valence-corrected chi connectivity index (χ3v) is 2.33. The number of carbonyl (C=O) groups excluding carboxylic acids is 1. The minimum Gasteiger partial charge on any atom is -0.480 e.